The summed E-state index contributed by atoms with van der Waals surface area (Å²) < 4.78 is 5.79. The van der Waals surface area contributed by atoms with Crippen molar-refractivity contribution in [3.05, 3.63) is 42.1 Å². The average Bonchev–Trinajstić information content (AvgIpc) is 3.35. The molecule has 1 saturated heterocycles. The predicted octanol–water partition coefficient (Wildman–Crippen LogP) is 2.30. The monoisotopic (exact) mass is 335 g/mol. The van der Waals surface area contributed by atoms with Crippen LogP contribution in [-0.2, 0) is 0 Å². The van der Waals surface area contributed by atoms with E-state index in [2.05, 4.69) is 27.2 Å². The van der Waals surface area contributed by atoms with Crippen molar-refractivity contribution in [2.45, 2.75) is 18.9 Å². The molecule has 0 bridgehead atoms. The second-order valence-electron chi connectivity index (χ2n) is 6.61. The zero-order valence-corrected chi connectivity index (χ0v) is 14.0. The van der Waals surface area contributed by atoms with Crippen LogP contribution in [0.5, 0.6) is 5.75 Å². The molecule has 3 N–H and O–H groups in total. The number of nitriles is 1. The van der Waals surface area contributed by atoms with Crippen molar-refractivity contribution in [3.63, 3.8) is 0 Å². The fourth-order valence-electron chi connectivity index (χ4n) is 2.88. The van der Waals surface area contributed by atoms with Crippen molar-refractivity contribution in [1.29, 1.82) is 5.26 Å². The zero-order valence-electron chi connectivity index (χ0n) is 14.0. The molecule has 6 heteroatoms. The number of hydrogen-bond acceptors (Lipinski definition) is 6. The van der Waals surface area contributed by atoms with Crippen molar-refractivity contribution in [2.24, 2.45) is 5.92 Å². The number of ether oxygens (including phenoxy) is 1. The third-order valence-electron chi connectivity index (χ3n) is 4.54. The molecule has 128 valence electrons. The third kappa shape index (κ3) is 3.90. The normalized spacial score (nSPS) is 17.2. The summed E-state index contributed by atoms with van der Waals surface area (Å²) in [6.07, 6.45) is 4.26. The van der Waals surface area contributed by atoms with Gasteiger partial charge in [-0.15, -0.1) is 0 Å². The summed E-state index contributed by atoms with van der Waals surface area (Å²) in [5.41, 5.74) is 8.78. The smallest absolute Gasteiger partial charge is 0.137 e. The van der Waals surface area contributed by atoms with E-state index in [0.29, 0.717) is 29.9 Å². The molecular weight excluding hydrogens is 314 g/mol. The Morgan fingerprint density at radius 2 is 1.96 bits per heavy atom. The van der Waals surface area contributed by atoms with Gasteiger partial charge in [-0.3, -0.25) is 10.9 Å². The minimum atomic E-state index is 0.315. The number of aromatic nitrogens is 1. The fourth-order valence-corrected chi connectivity index (χ4v) is 2.88. The van der Waals surface area contributed by atoms with Crippen LogP contribution >= 0.6 is 0 Å². The van der Waals surface area contributed by atoms with E-state index < -0.39 is 0 Å². The van der Waals surface area contributed by atoms with E-state index in [1.165, 1.54) is 12.8 Å². The van der Waals surface area contributed by atoms with Gasteiger partial charge < -0.3 is 10.1 Å². The van der Waals surface area contributed by atoms with Crippen LogP contribution in [0.2, 0.25) is 0 Å². The number of hydrazine groups is 1. The van der Waals surface area contributed by atoms with Crippen LogP contribution in [0.4, 0.5) is 5.82 Å². The van der Waals surface area contributed by atoms with Gasteiger partial charge in [0.1, 0.15) is 17.6 Å². The number of anilines is 1. The first kappa shape index (κ1) is 15.9. The van der Waals surface area contributed by atoms with Crippen molar-refractivity contribution >= 4 is 5.82 Å². The van der Waals surface area contributed by atoms with Gasteiger partial charge in [-0.1, -0.05) is 6.07 Å². The summed E-state index contributed by atoms with van der Waals surface area (Å²) in [6.45, 7) is 2.43. The minimum Gasteiger partial charge on any atom is -0.492 e. The summed E-state index contributed by atoms with van der Waals surface area (Å²) in [5.74, 6) is 2.17. The first-order chi connectivity index (χ1) is 12.3. The van der Waals surface area contributed by atoms with E-state index in [-0.39, 0.29) is 0 Å². The van der Waals surface area contributed by atoms with Crippen molar-refractivity contribution in [2.75, 3.05) is 25.0 Å². The summed E-state index contributed by atoms with van der Waals surface area (Å²) >= 11 is 0. The lowest BCUT2D eigenvalue weighted by atomic mass is 10.0. The second-order valence-corrected chi connectivity index (χ2v) is 6.61. The topological polar surface area (TPSA) is 82.0 Å². The van der Waals surface area contributed by atoms with Gasteiger partial charge in [0.15, 0.2) is 0 Å². The molecule has 6 nitrogen and oxygen atoms in total. The molecule has 1 aliphatic carbocycles. The largest absolute Gasteiger partial charge is 0.492 e. The Bertz CT molecular complexity index is 791. The quantitative estimate of drug-likeness (QED) is 0.751. The maximum atomic E-state index is 9.45. The molecule has 2 aromatic rings. The van der Waals surface area contributed by atoms with Gasteiger partial charge in [0.25, 0.3) is 0 Å². The van der Waals surface area contributed by atoms with E-state index in [0.717, 1.165) is 30.0 Å². The molecule has 1 aliphatic heterocycles. The average molecular weight is 335 g/mol. The summed E-state index contributed by atoms with van der Waals surface area (Å²) in [6, 6.07) is 12.3. The molecule has 0 spiro atoms. The van der Waals surface area contributed by atoms with Crippen molar-refractivity contribution in [3.8, 4) is 22.9 Å². The molecule has 2 fully saturated rings. The standard InChI is InChI=1S/C19H21N5O/c20-9-16-7-14(3-4-18(16)25-12-13-1-2-13)15-5-6-21-19(8-15)24-17-10-22-23-11-17/h3-8,13,17,22-23H,1-2,10-12H2,(H,21,24). The van der Waals surface area contributed by atoms with E-state index in [9.17, 15) is 5.26 Å². The van der Waals surface area contributed by atoms with Gasteiger partial charge in [-0.25, -0.2) is 4.98 Å². The second kappa shape index (κ2) is 7.09. The van der Waals surface area contributed by atoms with Crippen molar-refractivity contribution in [1.82, 2.24) is 15.8 Å². The van der Waals surface area contributed by atoms with Gasteiger partial charge in [-0.2, -0.15) is 5.26 Å². The first-order valence-corrected chi connectivity index (χ1v) is 8.67. The Labute approximate surface area is 147 Å². The van der Waals surface area contributed by atoms with E-state index in [1.54, 1.807) is 6.20 Å². The molecule has 0 radical (unpaired) electrons. The molecule has 2 heterocycles. The number of hydrogen-bond donors (Lipinski definition) is 3. The van der Waals surface area contributed by atoms with Gasteiger partial charge >= 0.3 is 0 Å². The summed E-state index contributed by atoms with van der Waals surface area (Å²) in [7, 11) is 0. The lowest BCUT2D eigenvalue weighted by Crippen LogP contribution is -2.24. The van der Waals surface area contributed by atoms with Gasteiger partial charge in [0.05, 0.1) is 18.2 Å². The van der Waals surface area contributed by atoms with E-state index >= 15 is 0 Å². The van der Waals surface area contributed by atoms with Crippen LogP contribution in [0.25, 0.3) is 11.1 Å². The Hall–Kier alpha value is -2.62. The Morgan fingerprint density at radius 1 is 1.16 bits per heavy atom. The van der Waals surface area contributed by atoms with Crippen LogP contribution < -0.4 is 20.9 Å². The van der Waals surface area contributed by atoms with E-state index in [4.69, 9.17) is 4.74 Å². The molecule has 0 atom stereocenters. The molecule has 0 amide bonds. The van der Waals surface area contributed by atoms with Crippen LogP contribution in [0.1, 0.15) is 18.4 Å². The van der Waals surface area contributed by atoms with Crippen molar-refractivity contribution < 1.29 is 4.74 Å². The number of nitrogens with one attached hydrogen (secondary N) is 3. The Morgan fingerprint density at radius 3 is 2.72 bits per heavy atom. The lowest BCUT2D eigenvalue weighted by Gasteiger charge is -2.13. The number of benzene rings is 1. The Kier molecular flexibility index (Phi) is 4.51. The zero-order chi connectivity index (χ0) is 17.1. The molecule has 4 rings (SSSR count). The molecule has 1 aromatic carbocycles. The maximum absolute atomic E-state index is 9.45. The summed E-state index contributed by atoms with van der Waals surface area (Å²) in [4.78, 5) is 4.39. The van der Waals surface area contributed by atoms with E-state index in [1.807, 2.05) is 30.3 Å². The molecular formula is C19H21N5O. The SMILES string of the molecule is N#Cc1cc(-c2ccnc(NC3CNNC3)c2)ccc1OCC1CC1. The van der Waals surface area contributed by atoms with Crippen LogP contribution in [0.15, 0.2) is 36.5 Å². The number of rotatable bonds is 6. The van der Waals surface area contributed by atoms with Gasteiger partial charge in [0.2, 0.25) is 0 Å². The molecule has 0 unspecified atom stereocenters. The maximum Gasteiger partial charge on any atom is 0.137 e. The highest BCUT2D eigenvalue weighted by molar-refractivity contribution is 5.69. The van der Waals surface area contributed by atoms with Crippen LogP contribution in [0, 0.1) is 17.2 Å². The minimum absolute atomic E-state index is 0.315. The lowest BCUT2D eigenvalue weighted by molar-refractivity contribution is 0.299. The molecule has 2 aliphatic rings. The predicted molar refractivity (Wildman–Crippen MR) is 96.0 cm³/mol. The van der Waals surface area contributed by atoms with Gasteiger partial charge in [0, 0.05) is 19.3 Å². The third-order valence-corrected chi connectivity index (χ3v) is 4.54. The highest BCUT2D eigenvalue weighted by atomic mass is 16.5. The molecule has 1 aromatic heterocycles. The molecule has 1 saturated carbocycles. The highest BCUT2D eigenvalue weighted by Gasteiger charge is 2.22. The first-order valence-electron chi connectivity index (χ1n) is 8.67. The number of pyridine rings is 1. The summed E-state index contributed by atoms with van der Waals surface area (Å²) in [5, 5.41) is 12.9. The fraction of sp³-hybridized carbons (Fsp3) is 0.368. The van der Waals surface area contributed by atoms with Crippen LogP contribution in [-0.4, -0.2) is 30.7 Å². The Balaban J connectivity index is 1.53. The number of nitrogens with zero attached hydrogens (tertiary/aromatic N) is 2. The van der Waals surface area contributed by atoms with Gasteiger partial charge in [-0.05, 0) is 54.2 Å². The van der Waals surface area contributed by atoms with Crippen LogP contribution in [0.3, 0.4) is 0 Å². The molecule has 25 heavy (non-hydrogen) atoms. The highest BCUT2D eigenvalue weighted by Crippen LogP contribution is 2.32.